The molecule has 0 heterocycles. The van der Waals surface area contributed by atoms with Crippen LogP contribution in [0.3, 0.4) is 0 Å². The van der Waals surface area contributed by atoms with E-state index in [-0.39, 0.29) is 35.6 Å². The van der Waals surface area contributed by atoms with Gasteiger partial charge in [0.1, 0.15) is 11.8 Å². The molecule has 2 amide bonds. The van der Waals surface area contributed by atoms with Crippen LogP contribution in [0.15, 0.2) is 83.8 Å². The predicted octanol–water partition coefficient (Wildman–Crippen LogP) is 4.34. The molecule has 0 fully saturated rings. The molecule has 0 saturated heterocycles. The molecule has 0 saturated carbocycles. The SMILES string of the molecule is CCNS(=O)(=O)c1ccc(CCC(=O)N(Cc2ccc(OC)cc2)[C@@H](Cc2ccccc2)C(=O)NCC(C)C)cc1. The maximum absolute atomic E-state index is 13.8. The lowest BCUT2D eigenvalue weighted by Gasteiger charge is -2.32. The van der Waals surface area contributed by atoms with Crippen LogP contribution >= 0.6 is 0 Å². The zero-order valence-corrected chi connectivity index (χ0v) is 25.1. The Labute approximate surface area is 244 Å². The smallest absolute Gasteiger partial charge is 0.243 e. The van der Waals surface area contributed by atoms with Crippen molar-refractivity contribution in [1.82, 2.24) is 14.9 Å². The Hall–Kier alpha value is -3.69. The summed E-state index contributed by atoms with van der Waals surface area (Å²) in [5, 5.41) is 3.03. The van der Waals surface area contributed by atoms with Gasteiger partial charge in [-0.25, -0.2) is 13.1 Å². The van der Waals surface area contributed by atoms with Crippen molar-refractivity contribution in [2.45, 2.75) is 57.5 Å². The summed E-state index contributed by atoms with van der Waals surface area (Å²) >= 11 is 0. The van der Waals surface area contributed by atoms with Gasteiger partial charge < -0.3 is 15.0 Å². The minimum atomic E-state index is -3.55. The number of nitrogens with one attached hydrogen (secondary N) is 2. The topological polar surface area (TPSA) is 105 Å². The number of hydrogen-bond acceptors (Lipinski definition) is 5. The molecule has 41 heavy (non-hydrogen) atoms. The quantitative estimate of drug-likeness (QED) is 0.279. The van der Waals surface area contributed by atoms with E-state index in [0.717, 1.165) is 16.7 Å². The summed E-state index contributed by atoms with van der Waals surface area (Å²) in [5.74, 6) is 0.622. The maximum atomic E-state index is 13.8. The van der Waals surface area contributed by atoms with Gasteiger partial charge in [0.2, 0.25) is 21.8 Å². The van der Waals surface area contributed by atoms with Crippen molar-refractivity contribution in [1.29, 1.82) is 0 Å². The molecule has 3 aromatic carbocycles. The molecule has 9 heteroatoms. The lowest BCUT2D eigenvalue weighted by atomic mass is 10.0. The number of hydrogen-bond donors (Lipinski definition) is 2. The fraction of sp³-hybridized carbons (Fsp3) is 0.375. The van der Waals surface area contributed by atoms with Crippen LogP contribution < -0.4 is 14.8 Å². The van der Waals surface area contributed by atoms with E-state index in [2.05, 4.69) is 10.0 Å². The molecule has 3 aromatic rings. The molecular formula is C32H41N3O5S. The molecule has 0 bridgehead atoms. The monoisotopic (exact) mass is 579 g/mol. The highest BCUT2D eigenvalue weighted by atomic mass is 32.2. The Morgan fingerprint density at radius 2 is 1.51 bits per heavy atom. The second kappa shape index (κ2) is 15.3. The minimum Gasteiger partial charge on any atom is -0.497 e. The van der Waals surface area contributed by atoms with Gasteiger partial charge in [0.25, 0.3) is 0 Å². The summed E-state index contributed by atoms with van der Waals surface area (Å²) < 4.78 is 32.3. The number of nitrogens with zero attached hydrogens (tertiary/aromatic N) is 1. The van der Waals surface area contributed by atoms with Crippen LogP contribution in [0.25, 0.3) is 0 Å². The van der Waals surface area contributed by atoms with E-state index in [1.165, 1.54) is 0 Å². The summed E-state index contributed by atoms with van der Waals surface area (Å²) in [6, 6.07) is 23.0. The lowest BCUT2D eigenvalue weighted by Crippen LogP contribution is -2.51. The van der Waals surface area contributed by atoms with E-state index < -0.39 is 16.1 Å². The molecule has 0 unspecified atom stereocenters. The number of carbonyl (C=O) groups excluding carboxylic acids is 2. The van der Waals surface area contributed by atoms with Gasteiger partial charge in [0, 0.05) is 32.5 Å². The van der Waals surface area contributed by atoms with E-state index in [1.807, 2.05) is 68.4 Å². The van der Waals surface area contributed by atoms with E-state index >= 15 is 0 Å². The summed E-state index contributed by atoms with van der Waals surface area (Å²) in [6.07, 6.45) is 0.951. The molecule has 1 atom stereocenters. The van der Waals surface area contributed by atoms with Crippen LogP contribution in [0.2, 0.25) is 0 Å². The molecule has 2 N–H and O–H groups in total. The Balaban J connectivity index is 1.87. The Morgan fingerprint density at radius 1 is 0.878 bits per heavy atom. The number of ether oxygens (including phenoxy) is 1. The van der Waals surface area contributed by atoms with Crippen molar-refractivity contribution in [3.8, 4) is 5.75 Å². The van der Waals surface area contributed by atoms with Crippen LogP contribution in [0.4, 0.5) is 0 Å². The normalized spacial score (nSPS) is 12.1. The second-order valence-electron chi connectivity index (χ2n) is 10.4. The third-order valence-electron chi connectivity index (χ3n) is 6.66. The molecule has 0 aliphatic rings. The largest absolute Gasteiger partial charge is 0.497 e. The molecule has 220 valence electrons. The van der Waals surface area contributed by atoms with Crippen molar-refractivity contribution in [3.05, 3.63) is 95.6 Å². The van der Waals surface area contributed by atoms with Crippen LogP contribution in [-0.2, 0) is 39.0 Å². The average molecular weight is 580 g/mol. The van der Waals surface area contributed by atoms with E-state index in [0.29, 0.717) is 31.7 Å². The zero-order chi connectivity index (χ0) is 29.8. The third-order valence-corrected chi connectivity index (χ3v) is 8.22. The molecule has 0 aliphatic heterocycles. The number of carbonyl (C=O) groups is 2. The van der Waals surface area contributed by atoms with Gasteiger partial charge in [-0.05, 0) is 53.3 Å². The molecule has 0 aromatic heterocycles. The highest BCUT2D eigenvalue weighted by Gasteiger charge is 2.30. The molecular weight excluding hydrogens is 538 g/mol. The first kappa shape index (κ1) is 31.8. The lowest BCUT2D eigenvalue weighted by molar-refractivity contribution is -0.141. The highest BCUT2D eigenvalue weighted by Crippen LogP contribution is 2.19. The first-order chi connectivity index (χ1) is 19.6. The first-order valence-electron chi connectivity index (χ1n) is 14.0. The molecule has 0 aliphatic carbocycles. The number of amides is 2. The number of benzene rings is 3. The molecule has 3 rings (SSSR count). The molecule has 8 nitrogen and oxygen atoms in total. The van der Waals surface area contributed by atoms with Gasteiger partial charge in [0.15, 0.2) is 0 Å². The summed E-state index contributed by atoms with van der Waals surface area (Å²) in [6.45, 7) is 6.86. The van der Waals surface area contributed by atoms with Gasteiger partial charge in [-0.2, -0.15) is 0 Å². The minimum absolute atomic E-state index is 0.161. The van der Waals surface area contributed by atoms with Gasteiger partial charge in [-0.1, -0.05) is 75.4 Å². The van der Waals surface area contributed by atoms with Crippen molar-refractivity contribution in [3.63, 3.8) is 0 Å². The van der Waals surface area contributed by atoms with Crippen molar-refractivity contribution in [2.75, 3.05) is 20.2 Å². The number of aryl methyl sites for hydroxylation is 1. The van der Waals surface area contributed by atoms with E-state index in [9.17, 15) is 18.0 Å². The van der Waals surface area contributed by atoms with Gasteiger partial charge in [-0.3, -0.25) is 9.59 Å². The Kier molecular flexibility index (Phi) is 11.9. The summed E-state index contributed by atoms with van der Waals surface area (Å²) in [4.78, 5) is 29.2. The van der Waals surface area contributed by atoms with E-state index in [4.69, 9.17) is 4.74 Å². The predicted molar refractivity (Wildman–Crippen MR) is 161 cm³/mol. The van der Waals surface area contributed by atoms with Crippen LogP contribution in [0, 0.1) is 5.92 Å². The summed E-state index contributed by atoms with van der Waals surface area (Å²) in [7, 11) is -1.95. The maximum Gasteiger partial charge on any atom is 0.243 e. The zero-order valence-electron chi connectivity index (χ0n) is 24.3. The Bertz CT molecular complexity index is 1360. The van der Waals surface area contributed by atoms with Gasteiger partial charge in [0.05, 0.1) is 12.0 Å². The van der Waals surface area contributed by atoms with Crippen LogP contribution in [0.5, 0.6) is 5.75 Å². The Morgan fingerprint density at radius 3 is 2.10 bits per heavy atom. The fourth-order valence-corrected chi connectivity index (χ4v) is 5.45. The summed E-state index contributed by atoms with van der Waals surface area (Å²) in [5.41, 5.74) is 2.68. The van der Waals surface area contributed by atoms with Gasteiger partial charge >= 0.3 is 0 Å². The molecule has 0 radical (unpaired) electrons. The van der Waals surface area contributed by atoms with Crippen molar-refractivity contribution in [2.24, 2.45) is 5.92 Å². The van der Waals surface area contributed by atoms with E-state index in [1.54, 1.807) is 43.2 Å². The van der Waals surface area contributed by atoms with Crippen LogP contribution in [-0.4, -0.2) is 51.4 Å². The number of sulfonamides is 1. The van der Waals surface area contributed by atoms with Crippen molar-refractivity contribution < 1.29 is 22.7 Å². The van der Waals surface area contributed by atoms with Crippen LogP contribution in [0.1, 0.15) is 43.9 Å². The molecule has 0 spiro atoms. The number of methoxy groups -OCH3 is 1. The fourth-order valence-electron chi connectivity index (χ4n) is 4.41. The highest BCUT2D eigenvalue weighted by molar-refractivity contribution is 7.89. The number of rotatable bonds is 15. The third kappa shape index (κ3) is 9.72. The average Bonchev–Trinajstić information content (AvgIpc) is 2.97. The standard InChI is InChI=1S/C32H41N3O5S/c1-5-34-41(38,39)29-18-13-25(14-19-29)15-20-31(36)35(23-27-11-16-28(40-4)17-12-27)30(32(37)33-22-24(2)3)21-26-9-7-6-8-10-26/h6-14,16-19,24,30,34H,5,15,20-23H2,1-4H3,(H,33,37)/t30-/m0/s1. The van der Waals surface area contributed by atoms with Crippen molar-refractivity contribution >= 4 is 21.8 Å². The van der Waals surface area contributed by atoms with Gasteiger partial charge in [-0.15, -0.1) is 0 Å². The second-order valence-corrected chi connectivity index (χ2v) is 12.1. The first-order valence-corrected chi connectivity index (χ1v) is 15.4.